The first-order chi connectivity index (χ1) is 30.7. The van der Waals surface area contributed by atoms with Gasteiger partial charge in [-0.1, -0.05) is 69.7 Å². The highest BCUT2D eigenvalue weighted by Gasteiger charge is 2.49. The summed E-state index contributed by atoms with van der Waals surface area (Å²) in [6.07, 6.45) is 8.60. The minimum absolute atomic E-state index is 0.0391. The molecule has 0 unspecified atom stereocenters. The molecule has 1 fully saturated rings. The van der Waals surface area contributed by atoms with Gasteiger partial charge in [0.25, 0.3) is 11.7 Å². The van der Waals surface area contributed by atoms with E-state index in [1.807, 2.05) is 12.1 Å². The number of likely N-dealkylation sites (tertiary alicyclic amines) is 1. The summed E-state index contributed by atoms with van der Waals surface area (Å²) in [6.45, 7) is 14.0. The van der Waals surface area contributed by atoms with Crippen molar-refractivity contribution in [2.75, 3.05) is 20.2 Å². The van der Waals surface area contributed by atoms with E-state index < -0.39 is 88.8 Å². The second kappa shape index (κ2) is 19.8. The third-order valence-electron chi connectivity index (χ3n) is 13.0. The molecule has 5 bridgehead atoms. The van der Waals surface area contributed by atoms with Crippen molar-refractivity contribution in [2.24, 2.45) is 28.7 Å². The van der Waals surface area contributed by atoms with Crippen molar-refractivity contribution in [2.45, 2.75) is 98.4 Å². The Kier molecular flexibility index (Phi) is 14.9. The molecule has 4 aliphatic rings. The summed E-state index contributed by atoms with van der Waals surface area (Å²) in [4.78, 5) is 47.5. The number of aliphatic hydroxyl groups is 2. The first-order valence-corrected chi connectivity index (χ1v) is 22.2. The second-order valence-electron chi connectivity index (χ2n) is 17.5. The van der Waals surface area contributed by atoms with Crippen LogP contribution in [0, 0.1) is 30.6 Å². The van der Waals surface area contributed by atoms with Crippen molar-refractivity contribution in [1.29, 1.82) is 0 Å². The van der Waals surface area contributed by atoms with E-state index in [1.54, 1.807) is 58.1 Å². The number of carbonyl (C=O) groups is 3. The number of hydrogen-bond donors (Lipinski definition) is 5. The number of aromatic hydroxyl groups is 3. The van der Waals surface area contributed by atoms with Crippen LogP contribution < -0.4 is 15.3 Å². The molecule has 15 heteroatoms. The Morgan fingerprint density at radius 1 is 0.923 bits per heavy atom. The van der Waals surface area contributed by atoms with Gasteiger partial charge in [-0.25, -0.2) is 4.99 Å². The van der Waals surface area contributed by atoms with Gasteiger partial charge in [-0.15, -0.1) is 0 Å². The Balaban J connectivity index is 1.62. The van der Waals surface area contributed by atoms with Gasteiger partial charge < -0.3 is 49.4 Å². The normalized spacial score (nSPS) is 29.7. The lowest BCUT2D eigenvalue weighted by atomic mass is 9.78. The maximum absolute atomic E-state index is 14.6. The lowest BCUT2D eigenvalue weighted by molar-refractivity contribution is -0.160. The van der Waals surface area contributed by atoms with Crippen LogP contribution in [0.3, 0.4) is 0 Å². The lowest BCUT2D eigenvalue weighted by Crippen LogP contribution is -2.46. The Labute approximate surface area is 383 Å². The fourth-order valence-electron chi connectivity index (χ4n) is 8.98. The summed E-state index contributed by atoms with van der Waals surface area (Å²) < 4.78 is 23.8. The SMILES string of the molecule is CO[C@H]1C=CO[C@@]2(C)Oc3c(C)c(O)c4c(O)c(/c(=C\C=C(\c5ccc(Cl)cc5)N5CCCC5)c(O)c4c3C2=O)=NC(=O)/C(C)=C\C=C/[C@H](C)[C@H](O)[C@@H](C)[C@@H](O)[C@@H](C)[C@H](OC(C)=O)[C@@H]1C. The first-order valence-electron chi connectivity index (χ1n) is 21.8. The zero-order valence-corrected chi connectivity index (χ0v) is 38.9. The zero-order valence-electron chi connectivity index (χ0n) is 38.2. The summed E-state index contributed by atoms with van der Waals surface area (Å²) in [7, 11) is 1.44. The number of esters is 1. The molecule has 5 N–H and O–H groups in total. The van der Waals surface area contributed by atoms with Crippen LogP contribution >= 0.6 is 11.6 Å². The lowest BCUT2D eigenvalue weighted by Gasteiger charge is -2.38. The van der Waals surface area contributed by atoms with Crippen LogP contribution in [0.15, 0.2) is 71.5 Å². The predicted octanol–water partition coefficient (Wildman–Crippen LogP) is 6.53. The van der Waals surface area contributed by atoms with E-state index in [1.165, 1.54) is 59.3 Å². The van der Waals surface area contributed by atoms with Crippen molar-refractivity contribution in [3.8, 4) is 23.0 Å². The van der Waals surface area contributed by atoms with Crippen LogP contribution in [0.2, 0.25) is 5.02 Å². The van der Waals surface area contributed by atoms with Crippen LogP contribution in [0.1, 0.15) is 82.8 Å². The molecular weight excluding hydrogens is 856 g/mol. The molecule has 0 saturated carbocycles. The Bertz CT molecular complexity index is 2600. The molecule has 0 radical (unpaired) electrons. The number of nitrogens with zero attached hydrogens (tertiary/aromatic N) is 2. The molecule has 3 aromatic carbocycles. The van der Waals surface area contributed by atoms with Gasteiger partial charge >= 0.3 is 11.8 Å². The van der Waals surface area contributed by atoms with Gasteiger partial charge in [0.15, 0.2) is 5.75 Å². The van der Waals surface area contributed by atoms with Gasteiger partial charge in [0.1, 0.15) is 28.7 Å². The fourth-order valence-corrected chi connectivity index (χ4v) is 9.10. The third kappa shape index (κ3) is 9.67. The first kappa shape index (κ1) is 48.8. The largest absolute Gasteiger partial charge is 0.507 e. The van der Waals surface area contributed by atoms with Gasteiger partial charge in [0, 0.05) is 90.2 Å². The van der Waals surface area contributed by atoms with E-state index in [4.69, 9.17) is 30.5 Å². The quantitative estimate of drug-likeness (QED) is 0.137. The number of ether oxygens (including phenoxy) is 4. The predicted molar refractivity (Wildman–Crippen MR) is 246 cm³/mol. The summed E-state index contributed by atoms with van der Waals surface area (Å²) in [5, 5.41) is 58.7. The van der Waals surface area contributed by atoms with Gasteiger partial charge in [-0.05, 0) is 62.6 Å². The Morgan fingerprint density at radius 3 is 2.22 bits per heavy atom. The molecular formula is C50H59ClN2O12. The number of methoxy groups -OCH3 is 1. The van der Waals surface area contributed by atoms with Gasteiger partial charge in [-0.2, -0.15) is 0 Å². The highest BCUT2D eigenvalue weighted by Crippen LogP contribution is 2.50. The Hall–Kier alpha value is -5.67. The number of carbonyl (C=O) groups excluding carboxylic acids is 3. The highest BCUT2D eigenvalue weighted by atomic mass is 35.5. The number of Topliss-reactive ketones (excluding diaryl/α,β-unsaturated/α-hetero) is 1. The standard InChI is InChI=1S/C50H59ClN2O12/c1-25-13-12-14-26(2)49(61)52-40-34(19-20-35(53-22-10-11-23-53)32-15-17-33(51)18-16-32)44(58)37-38(45(40)59)43(57)30(6)47-39(37)48(60)50(8,65-47)63-24-21-36(62-9)27(3)46(64-31(7)54)29(5)42(56)28(4)41(25)55/h12-21,24-25,27-29,36,41-42,46,55-59H,10-11,22-23H2,1-9H3/b13-12-,24-21?,26-14-,34-19+,35-20-,52-40?/t25-,27+,28+,29+,36-,41-,42+,46+,50-/m0/s1. The Morgan fingerprint density at radius 2 is 1.58 bits per heavy atom. The second-order valence-corrected chi connectivity index (χ2v) is 17.9. The van der Waals surface area contributed by atoms with Crippen molar-refractivity contribution in [3.63, 3.8) is 0 Å². The number of halogens is 1. The number of fused-ring (bicyclic) bond motifs is 14. The van der Waals surface area contributed by atoms with E-state index in [2.05, 4.69) is 9.89 Å². The van der Waals surface area contributed by atoms with Crippen LogP contribution in [-0.2, 0) is 23.8 Å². The van der Waals surface area contributed by atoms with Crippen molar-refractivity contribution >= 4 is 51.8 Å². The van der Waals surface area contributed by atoms with Crippen LogP contribution in [-0.4, -0.2) is 98.5 Å². The van der Waals surface area contributed by atoms with Crippen molar-refractivity contribution < 1.29 is 58.9 Å². The summed E-state index contributed by atoms with van der Waals surface area (Å²) in [5.74, 6) is -8.67. The fraction of sp³-hybridized carbons (Fsp3) is 0.440. The average Bonchev–Trinajstić information content (AvgIpc) is 3.90. The molecule has 4 aliphatic heterocycles. The molecule has 1 amide bonds. The smallest absolute Gasteiger partial charge is 0.312 e. The summed E-state index contributed by atoms with van der Waals surface area (Å²) >= 11 is 6.25. The molecule has 14 nitrogen and oxygen atoms in total. The molecule has 0 aromatic heterocycles. The maximum Gasteiger partial charge on any atom is 0.312 e. The molecule has 348 valence electrons. The average molecular weight is 915 g/mol. The van der Waals surface area contributed by atoms with Crippen molar-refractivity contribution in [3.05, 3.63) is 98.8 Å². The number of phenolic OH excluding ortho intramolecular Hbond substituents is 3. The molecule has 0 spiro atoms. The zero-order chi connectivity index (χ0) is 47.7. The van der Waals surface area contributed by atoms with Crippen LogP contribution in [0.5, 0.6) is 23.0 Å². The summed E-state index contributed by atoms with van der Waals surface area (Å²) in [6, 6.07) is 7.23. The van der Waals surface area contributed by atoms with Gasteiger partial charge in [-0.3, -0.25) is 14.4 Å². The molecule has 9 atom stereocenters. The van der Waals surface area contributed by atoms with E-state index >= 15 is 0 Å². The van der Waals surface area contributed by atoms with Crippen LogP contribution in [0.4, 0.5) is 0 Å². The minimum atomic E-state index is -2.07. The monoisotopic (exact) mass is 914 g/mol. The number of benzene rings is 3. The van der Waals surface area contributed by atoms with Crippen molar-refractivity contribution in [1.82, 2.24) is 4.90 Å². The summed E-state index contributed by atoms with van der Waals surface area (Å²) in [5.41, 5.74) is 1.53. The highest BCUT2D eigenvalue weighted by molar-refractivity contribution is 6.30. The van der Waals surface area contributed by atoms with E-state index in [9.17, 15) is 39.9 Å². The number of aliphatic hydroxyl groups excluding tert-OH is 2. The number of hydrogen-bond acceptors (Lipinski definition) is 13. The molecule has 3 aromatic rings. The number of amides is 1. The van der Waals surface area contributed by atoms with E-state index in [0.717, 1.165) is 37.2 Å². The number of ketones is 1. The third-order valence-corrected chi connectivity index (χ3v) is 13.2. The molecule has 1 saturated heterocycles. The number of phenols is 3. The number of rotatable bonds is 5. The molecule has 65 heavy (non-hydrogen) atoms. The number of allylic oxidation sites excluding steroid dienone is 3. The van der Waals surface area contributed by atoms with E-state index in [0.29, 0.717) is 5.02 Å². The topological polar surface area (TPSA) is 205 Å². The molecule has 4 heterocycles. The van der Waals surface area contributed by atoms with Gasteiger partial charge in [0.05, 0.1) is 35.5 Å². The van der Waals surface area contributed by atoms with E-state index in [-0.39, 0.29) is 43.8 Å². The molecule has 0 aliphatic carbocycles. The maximum atomic E-state index is 14.6. The minimum Gasteiger partial charge on any atom is -0.507 e. The van der Waals surface area contributed by atoms with Gasteiger partial charge in [0.2, 0.25) is 0 Å². The van der Waals surface area contributed by atoms with Crippen LogP contribution in [0.25, 0.3) is 22.5 Å². The molecule has 7 rings (SSSR count).